The average molecular weight is 275 g/mol. The summed E-state index contributed by atoms with van der Waals surface area (Å²) in [6.45, 7) is 4.70. The van der Waals surface area contributed by atoms with Crippen molar-refractivity contribution in [3.8, 4) is 0 Å². The molecule has 1 aliphatic rings. The molecule has 0 aliphatic carbocycles. The van der Waals surface area contributed by atoms with Gasteiger partial charge >= 0.3 is 35.7 Å². The Labute approximate surface area is 125 Å². The van der Waals surface area contributed by atoms with E-state index < -0.39 is 34.2 Å². The smallest absolute Gasteiger partial charge is 0.772 e. The first-order valence-electron chi connectivity index (χ1n) is 4.91. The van der Waals surface area contributed by atoms with E-state index in [9.17, 15) is 17.9 Å². The molecule has 3 atom stereocenters. The van der Waals surface area contributed by atoms with Gasteiger partial charge in [0, 0.05) is 6.54 Å². The first-order chi connectivity index (χ1) is 7.20. The molecule has 0 aromatic heterocycles. The first-order valence-corrected chi connectivity index (χ1v) is 6.04. The van der Waals surface area contributed by atoms with Gasteiger partial charge in [0.15, 0.2) is 0 Å². The van der Waals surface area contributed by atoms with Gasteiger partial charge in [0.25, 0.3) is 0 Å². The number of amides is 1. The van der Waals surface area contributed by atoms with Gasteiger partial charge in [-0.15, -0.1) is 0 Å². The molecule has 0 bridgehead atoms. The number of carbonyl (C=O) groups excluding carboxylic acids is 1. The average Bonchev–Trinajstić information content (AvgIpc) is 2.44. The van der Waals surface area contributed by atoms with Crippen molar-refractivity contribution in [3.05, 3.63) is 0 Å². The van der Waals surface area contributed by atoms with E-state index in [0.717, 1.165) is 4.90 Å². The van der Waals surface area contributed by atoms with Gasteiger partial charge in [-0.1, -0.05) is 0 Å². The summed E-state index contributed by atoms with van der Waals surface area (Å²) >= 11 is -2.51. The summed E-state index contributed by atoms with van der Waals surface area (Å²) in [4.78, 5) is 12.6. The SMILES string of the molecule is CC(C)(C)OC(=O)N1CC(F)C(S(=O)[O-])C1.[Na+]. The Kier molecular flexibility index (Phi) is 6.59. The van der Waals surface area contributed by atoms with Crippen LogP contribution in [0.5, 0.6) is 0 Å². The van der Waals surface area contributed by atoms with E-state index in [1.807, 2.05) is 0 Å². The Morgan fingerprint density at radius 3 is 2.35 bits per heavy atom. The fourth-order valence-corrected chi connectivity index (χ4v) is 2.02. The van der Waals surface area contributed by atoms with E-state index in [4.69, 9.17) is 4.74 Å². The van der Waals surface area contributed by atoms with Crippen molar-refractivity contribution in [2.24, 2.45) is 0 Å². The second-order valence-corrected chi connectivity index (χ2v) is 5.83. The summed E-state index contributed by atoms with van der Waals surface area (Å²) in [6.07, 6.45) is -2.21. The second kappa shape index (κ2) is 6.47. The van der Waals surface area contributed by atoms with Crippen LogP contribution in [0.15, 0.2) is 0 Å². The van der Waals surface area contributed by atoms with E-state index in [-0.39, 0.29) is 42.6 Å². The molecule has 1 rings (SSSR count). The summed E-state index contributed by atoms with van der Waals surface area (Å²) in [6, 6.07) is 0. The van der Waals surface area contributed by atoms with Gasteiger partial charge in [-0.25, -0.2) is 9.18 Å². The molecule has 1 amide bonds. The zero-order valence-corrected chi connectivity index (χ0v) is 13.3. The van der Waals surface area contributed by atoms with Crippen LogP contribution in [0.3, 0.4) is 0 Å². The maximum Gasteiger partial charge on any atom is 1.00 e. The van der Waals surface area contributed by atoms with Crippen molar-refractivity contribution < 1.29 is 52.2 Å². The minimum atomic E-state index is -2.51. The summed E-state index contributed by atoms with van der Waals surface area (Å²) in [5, 5.41) is -1.15. The second-order valence-electron chi connectivity index (χ2n) is 4.70. The Morgan fingerprint density at radius 1 is 1.47 bits per heavy atom. The Morgan fingerprint density at radius 2 is 2.00 bits per heavy atom. The number of hydrogen-bond acceptors (Lipinski definition) is 4. The maximum absolute atomic E-state index is 13.2. The third-order valence-corrected chi connectivity index (χ3v) is 3.04. The van der Waals surface area contributed by atoms with Gasteiger partial charge in [-0.2, -0.15) is 0 Å². The van der Waals surface area contributed by atoms with Crippen LogP contribution >= 0.6 is 0 Å². The molecule has 1 fully saturated rings. The molecule has 0 N–H and O–H groups in total. The molecule has 8 heteroatoms. The van der Waals surface area contributed by atoms with E-state index >= 15 is 0 Å². The number of nitrogens with zero attached hydrogens (tertiary/aromatic N) is 1. The zero-order valence-electron chi connectivity index (χ0n) is 10.4. The van der Waals surface area contributed by atoms with Gasteiger partial charge in [-0.3, -0.25) is 4.21 Å². The van der Waals surface area contributed by atoms with E-state index in [2.05, 4.69) is 0 Å². The molecule has 0 radical (unpaired) electrons. The van der Waals surface area contributed by atoms with Crippen molar-refractivity contribution in [1.29, 1.82) is 0 Å². The monoisotopic (exact) mass is 275 g/mol. The molecule has 94 valence electrons. The number of ether oxygens (including phenoxy) is 1. The number of halogens is 1. The van der Waals surface area contributed by atoms with Gasteiger partial charge in [0.05, 0.1) is 11.8 Å². The zero-order chi connectivity index (χ0) is 12.5. The maximum atomic E-state index is 13.2. The molecule has 0 saturated carbocycles. The fourth-order valence-electron chi connectivity index (χ4n) is 1.39. The quantitative estimate of drug-likeness (QED) is 0.403. The van der Waals surface area contributed by atoms with Crippen molar-refractivity contribution in [2.75, 3.05) is 13.1 Å². The molecule has 1 heterocycles. The number of carbonyl (C=O) groups is 1. The summed E-state index contributed by atoms with van der Waals surface area (Å²) in [7, 11) is 0. The molecule has 3 unspecified atom stereocenters. The minimum Gasteiger partial charge on any atom is -0.772 e. The third kappa shape index (κ3) is 5.21. The first kappa shape index (κ1) is 17.3. The van der Waals surface area contributed by atoms with Crippen molar-refractivity contribution in [2.45, 2.75) is 37.8 Å². The topological polar surface area (TPSA) is 69.7 Å². The van der Waals surface area contributed by atoms with Gasteiger partial charge in [0.2, 0.25) is 0 Å². The molecular formula is C9H15FNNaO4S. The van der Waals surface area contributed by atoms with Gasteiger partial charge in [0.1, 0.15) is 11.8 Å². The largest absolute Gasteiger partial charge is 1.00 e. The fraction of sp³-hybridized carbons (Fsp3) is 0.889. The van der Waals surface area contributed by atoms with E-state index in [1.165, 1.54) is 0 Å². The van der Waals surface area contributed by atoms with Gasteiger partial charge in [-0.05, 0) is 31.9 Å². The van der Waals surface area contributed by atoms with E-state index in [1.54, 1.807) is 20.8 Å². The van der Waals surface area contributed by atoms with Crippen LogP contribution in [-0.2, 0) is 15.8 Å². The molecule has 5 nitrogen and oxygen atoms in total. The van der Waals surface area contributed by atoms with Crippen LogP contribution in [0.1, 0.15) is 20.8 Å². The Hall–Kier alpha value is 0.310. The molecule has 1 aliphatic heterocycles. The Balaban J connectivity index is 0.00000256. The molecule has 0 aromatic carbocycles. The molecule has 1 saturated heterocycles. The van der Waals surface area contributed by atoms with Gasteiger partial charge < -0.3 is 14.2 Å². The van der Waals surface area contributed by atoms with Crippen LogP contribution < -0.4 is 29.6 Å². The minimum absolute atomic E-state index is 0. The van der Waals surface area contributed by atoms with Crippen molar-refractivity contribution in [1.82, 2.24) is 4.90 Å². The predicted molar refractivity (Wildman–Crippen MR) is 55.4 cm³/mol. The van der Waals surface area contributed by atoms with Crippen LogP contribution in [0, 0.1) is 0 Å². The Bertz CT molecular complexity index is 310. The standard InChI is InChI=1S/C9H16FNO4S.Na/c1-9(2,3)15-8(12)11-4-6(10)7(5-11)16(13)14;/h6-7H,4-5H2,1-3H3,(H,13,14);/q;+1/p-1. The van der Waals surface area contributed by atoms with Crippen LogP contribution in [-0.4, -0.2) is 49.9 Å². The number of rotatable bonds is 1. The van der Waals surface area contributed by atoms with Crippen molar-refractivity contribution >= 4 is 17.2 Å². The third-order valence-electron chi connectivity index (χ3n) is 2.10. The number of likely N-dealkylation sites (tertiary alicyclic amines) is 1. The van der Waals surface area contributed by atoms with Crippen molar-refractivity contribution in [3.63, 3.8) is 0 Å². The number of hydrogen-bond donors (Lipinski definition) is 0. The van der Waals surface area contributed by atoms with Crippen LogP contribution in [0.2, 0.25) is 0 Å². The summed E-state index contributed by atoms with van der Waals surface area (Å²) in [5.41, 5.74) is -0.669. The van der Waals surface area contributed by atoms with Crippen LogP contribution in [0.4, 0.5) is 9.18 Å². The predicted octanol–water partition coefficient (Wildman–Crippen LogP) is -2.17. The molecule has 0 aromatic rings. The molecular weight excluding hydrogens is 260 g/mol. The molecule has 17 heavy (non-hydrogen) atoms. The van der Waals surface area contributed by atoms with Crippen LogP contribution in [0.25, 0.3) is 0 Å². The molecule has 0 spiro atoms. The normalized spacial score (nSPS) is 26.3. The van der Waals surface area contributed by atoms with E-state index in [0.29, 0.717) is 0 Å². The summed E-state index contributed by atoms with van der Waals surface area (Å²) < 4.78 is 39.6. The number of alkyl halides is 1. The summed E-state index contributed by atoms with van der Waals surface area (Å²) in [5.74, 6) is 0.